The third-order valence-electron chi connectivity index (χ3n) is 3.70. The Bertz CT molecular complexity index is 389. The fourth-order valence-corrected chi connectivity index (χ4v) is 2.47. The zero-order valence-electron chi connectivity index (χ0n) is 10.6. The molecule has 3 nitrogen and oxygen atoms in total. The molecule has 0 aliphatic carbocycles. The minimum Gasteiger partial charge on any atom is -0.396 e. The van der Waals surface area contributed by atoms with E-state index in [-0.39, 0.29) is 12.4 Å². The number of likely N-dealkylation sites (tertiary alicyclic amines) is 1. The Morgan fingerprint density at radius 2 is 2.06 bits per heavy atom. The van der Waals surface area contributed by atoms with Crippen molar-refractivity contribution in [2.24, 2.45) is 11.7 Å². The zero-order chi connectivity index (χ0) is 13.0. The molecular weight excluding hydrogens is 231 g/mol. The Morgan fingerprint density at radius 1 is 1.33 bits per heavy atom. The Labute approximate surface area is 107 Å². The minimum atomic E-state index is -0.222. The van der Waals surface area contributed by atoms with E-state index in [9.17, 15) is 4.39 Å². The molecule has 0 saturated carbocycles. The summed E-state index contributed by atoms with van der Waals surface area (Å²) in [5.74, 6) is 0.231. The van der Waals surface area contributed by atoms with Crippen molar-refractivity contribution >= 4 is 0 Å². The maximum atomic E-state index is 13.3. The lowest BCUT2D eigenvalue weighted by Gasteiger charge is -2.31. The first-order chi connectivity index (χ1) is 8.72. The Hall–Kier alpha value is -0.970. The first-order valence-electron chi connectivity index (χ1n) is 6.53. The highest BCUT2D eigenvalue weighted by Crippen LogP contribution is 2.19. The summed E-state index contributed by atoms with van der Waals surface area (Å²) in [5, 5.41) is 9.09. The van der Waals surface area contributed by atoms with Gasteiger partial charge in [0.2, 0.25) is 0 Å². The lowest BCUT2D eigenvalue weighted by atomic mass is 9.97. The quantitative estimate of drug-likeness (QED) is 0.853. The fourth-order valence-electron chi connectivity index (χ4n) is 2.47. The molecule has 1 fully saturated rings. The summed E-state index contributed by atoms with van der Waals surface area (Å²) in [5.41, 5.74) is 7.20. The van der Waals surface area contributed by atoms with Crippen molar-refractivity contribution in [3.63, 3.8) is 0 Å². The summed E-state index contributed by atoms with van der Waals surface area (Å²) in [6.07, 6.45) is 2.09. The maximum Gasteiger partial charge on any atom is 0.127 e. The van der Waals surface area contributed by atoms with Gasteiger partial charge in [-0.25, -0.2) is 4.39 Å². The molecule has 1 aromatic carbocycles. The van der Waals surface area contributed by atoms with Gasteiger partial charge in [-0.05, 0) is 43.5 Å². The molecule has 0 atom stereocenters. The summed E-state index contributed by atoms with van der Waals surface area (Å²) in [4.78, 5) is 2.35. The van der Waals surface area contributed by atoms with Crippen LogP contribution >= 0.6 is 0 Å². The fraction of sp³-hybridized carbons (Fsp3) is 0.571. The van der Waals surface area contributed by atoms with Crippen LogP contribution in [0.3, 0.4) is 0 Å². The first kappa shape index (κ1) is 13.5. The third kappa shape index (κ3) is 3.28. The van der Waals surface area contributed by atoms with Crippen LogP contribution in [0.1, 0.15) is 24.0 Å². The number of hydrogen-bond donors (Lipinski definition) is 2. The van der Waals surface area contributed by atoms with E-state index in [0.29, 0.717) is 18.1 Å². The van der Waals surface area contributed by atoms with Gasteiger partial charge in [-0.1, -0.05) is 12.1 Å². The summed E-state index contributed by atoms with van der Waals surface area (Å²) < 4.78 is 13.3. The lowest BCUT2D eigenvalue weighted by Crippen LogP contribution is -2.34. The predicted molar refractivity (Wildman–Crippen MR) is 69.4 cm³/mol. The van der Waals surface area contributed by atoms with Crippen LogP contribution in [0.15, 0.2) is 18.2 Å². The summed E-state index contributed by atoms with van der Waals surface area (Å²) >= 11 is 0. The number of nitrogens with zero attached hydrogens (tertiary/aromatic N) is 1. The van der Waals surface area contributed by atoms with Gasteiger partial charge in [0.05, 0.1) is 0 Å². The van der Waals surface area contributed by atoms with Gasteiger partial charge in [0.15, 0.2) is 0 Å². The number of aliphatic hydroxyl groups is 1. The van der Waals surface area contributed by atoms with Crippen molar-refractivity contribution in [1.82, 2.24) is 4.90 Å². The topological polar surface area (TPSA) is 49.5 Å². The second kappa shape index (κ2) is 6.27. The summed E-state index contributed by atoms with van der Waals surface area (Å²) in [6.45, 7) is 3.38. The number of aliphatic hydroxyl groups excluding tert-OH is 1. The minimum absolute atomic E-state index is 0.222. The highest BCUT2D eigenvalue weighted by atomic mass is 19.1. The second-order valence-corrected chi connectivity index (χ2v) is 5.03. The Balaban J connectivity index is 1.94. The number of rotatable bonds is 4. The zero-order valence-corrected chi connectivity index (χ0v) is 10.6. The molecule has 0 spiro atoms. The molecule has 1 heterocycles. The molecule has 3 N–H and O–H groups in total. The van der Waals surface area contributed by atoms with Crippen LogP contribution in [-0.4, -0.2) is 29.7 Å². The SMILES string of the molecule is NCc1cc(CN2CCC(CO)CC2)ccc1F. The molecule has 0 bridgehead atoms. The molecule has 4 heteroatoms. The third-order valence-corrected chi connectivity index (χ3v) is 3.70. The van der Waals surface area contributed by atoms with Gasteiger partial charge in [-0.2, -0.15) is 0 Å². The van der Waals surface area contributed by atoms with Gasteiger partial charge in [0, 0.05) is 25.3 Å². The highest BCUT2D eigenvalue weighted by molar-refractivity contribution is 5.25. The van der Waals surface area contributed by atoms with Gasteiger partial charge in [0.25, 0.3) is 0 Å². The predicted octanol–water partition coefficient (Wildman–Crippen LogP) is 1.49. The standard InChI is InChI=1S/C14H21FN2O/c15-14-2-1-12(7-13(14)8-16)9-17-5-3-11(10-18)4-6-17/h1-2,7,11,18H,3-6,8-10,16H2. The van der Waals surface area contributed by atoms with Gasteiger partial charge in [-0.3, -0.25) is 4.90 Å². The maximum absolute atomic E-state index is 13.3. The molecule has 1 aromatic rings. The van der Waals surface area contributed by atoms with E-state index in [1.807, 2.05) is 12.1 Å². The molecule has 1 aliphatic heterocycles. The van der Waals surface area contributed by atoms with Crippen molar-refractivity contribution in [1.29, 1.82) is 0 Å². The van der Waals surface area contributed by atoms with E-state index in [2.05, 4.69) is 4.90 Å². The molecule has 100 valence electrons. The number of piperidine rings is 1. The van der Waals surface area contributed by atoms with E-state index in [1.165, 1.54) is 6.07 Å². The van der Waals surface area contributed by atoms with Crippen LogP contribution in [-0.2, 0) is 13.1 Å². The monoisotopic (exact) mass is 252 g/mol. The molecule has 0 radical (unpaired) electrons. The van der Waals surface area contributed by atoms with Crippen LogP contribution in [0.2, 0.25) is 0 Å². The summed E-state index contributed by atoms with van der Waals surface area (Å²) in [7, 11) is 0. The van der Waals surface area contributed by atoms with Gasteiger partial charge >= 0.3 is 0 Å². The number of halogens is 1. The number of hydrogen-bond acceptors (Lipinski definition) is 3. The molecular formula is C14H21FN2O. The van der Waals surface area contributed by atoms with Crippen molar-refractivity contribution in [2.45, 2.75) is 25.9 Å². The van der Waals surface area contributed by atoms with Crippen LogP contribution in [0.4, 0.5) is 4.39 Å². The van der Waals surface area contributed by atoms with Crippen molar-refractivity contribution in [3.05, 3.63) is 35.1 Å². The van der Waals surface area contributed by atoms with Crippen LogP contribution in [0.25, 0.3) is 0 Å². The average molecular weight is 252 g/mol. The lowest BCUT2D eigenvalue weighted by molar-refractivity contribution is 0.127. The molecule has 0 unspecified atom stereocenters. The largest absolute Gasteiger partial charge is 0.396 e. The highest BCUT2D eigenvalue weighted by Gasteiger charge is 2.18. The normalized spacial score (nSPS) is 18.2. The Kier molecular flexibility index (Phi) is 4.69. The molecule has 1 aliphatic rings. The molecule has 18 heavy (non-hydrogen) atoms. The van der Waals surface area contributed by atoms with E-state index in [4.69, 9.17) is 10.8 Å². The van der Waals surface area contributed by atoms with Gasteiger partial charge < -0.3 is 10.8 Å². The second-order valence-electron chi connectivity index (χ2n) is 5.03. The first-order valence-corrected chi connectivity index (χ1v) is 6.53. The Morgan fingerprint density at radius 3 is 2.67 bits per heavy atom. The van der Waals surface area contributed by atoms with E-state index < -0.39 is 0 Å². The molecule has 1 saturated heterocycles. The smallest absolute Gasteiger partial charge is 0.127 e. The molecule has 2 rings (SSSR count). The average Bonchev–Trinajstić information content (AvgIpc) is 2.42. The molecule has 0 aromatic heterocycles. The summed E-state index contributed by atoms with van der Waals surface area (Å²) in [6, 6.07) is 5.18. The van der Waals surface area contributed by atoms with Crippen LogP contribution in [0.5, 0.6) is 0 Å². The van der Waals surface area contributed by atoms with Gasteiger partial charge in [-0.15, -0.1) is 0 Å². The molecule has 0 amide bonds. The van der Waals surface area contributed by atoms with Crippen LogP contribution in [0, 0.1) is 11.7 Å². The van der Waals surface area contributed by atoms with Gasteiger partial charge in [0.1, 0.15) is 5.82 Å². The number of benzene rings is 1. The van der Waals surface area contributed by atoms with Crippen molar-refractivity contribution in [2.75, 3.05) is 19.7 Å². The van der Waals surface area contributed by atoms with Crippen molar-refractivity contribution in [3.8, 4) is 0 Å². The number of nitrogens with two attached hydrogens (primary N) is 1. The van der Waals surface area contributed by atoms with E-state index in [1.54, 1.807) is 0 Å². The van der Waals surface area contributed by atoms with E-state index >= 15 is 0 Å². The van der Waals surface area contributed by atoms with Crippen molar-refractivity contribution < 1.29 is 9.50 Å². The van der Waals surface area contributed by atoms with Crippen LogP contribution < -0.4 is 5.73 Å². The van der Waals surface area contributed by atoms with E-state index in [0.717, 1.165) is 38.0 Å².